The van der Waals surface area contributed by atoms with Crippen LogP contribution >= 0.6 is 11.6 Å². The van der Waals surface area contributed by atoms with Gasteiger partial charge in [-0.2, -0.15) is 18.2 Å². The predicted molar refractivity (Wildman–Crippen MR) is 47.4 cm³/mol. The molecular weight excluding hydrogens is 233 g/mol. The molecule has 2 N–H and O–H groups in total. The Kier molecular flexibility index (Phi) is 2.00. The SMILES string of the molecule is Nc1nc2cc(C(F)(F)F)c(Cl)cn2n1. The fourth-order valence-corrected chi connectivity index (χ4v) is 1.39. The number of nitrogens with zero attached hydrogens (tertiary/aromatic N) is 3. The topological polar surface area (TPSA) is 56.2 Å². The number of pyridine rings is 1. The number of fused-ring (bicyclic) bond motifs is 1. The van der Waals surface area contributed by atoms with Gasteiger partial charge in [-0.3, -0.25) is 0 Å². The maximum absolute atomic E-state index is 12.4. The Morgan fingerprint density at radius 1 is 1.40 bits per heavy atom. The number of halogens is 4. The van der Waals surface area contributed by atoms with Crippen LogP contribution in [0, 0.1) is 0 Å². The van der Waals surface area contributed by atoms with Crippen molar-refractivity contribution < 1.29 is 13.2 Å². The van der Waals surface area contributed by atoms with E-state index in [4.69, 9.17) is 17.3 Å². The molecule has 0 unspecified atom stereocenters. The molecule has 0 aromatic carbocycles. The molecule has 0 atom stereocenters. The summed E-state index contributed by atoms with van der Waals surface area (Å²) < 4.78 is 38.3. The van der Waals surface area contributed by atoms with E-state index in [1.54, 1.807) is 0 Å². The monoisotopic (exact) mass is 236 g/mol. The third kappa shape index (κ3) is 1.70. The fourth-order valence-electron chi connectivity index (χ4n) is 1.14. The van der Waals surface area contributed by atoms with Gasteiger partial charge in [0.2, 0.25) is 5.95 Å². The third-order valence-corrected chi connectivity index (χ3v) is 2.05. The van der Waals surface area contributed by atoms with Crippen molar-refractivity contribution in [3.8, 4) is 0 Å². The van der Waals surface area contributed by atoms with Crippen LogP contribution in [0.25, 0.3) is 5.65 Å². The summed E-state index contributed by atoms with van der Waals surface area (Å²) in [7, 11) is 0. The van der Waals surface area contributed by atoms with Crippen LogP contribution < -0.4 is 5.73 Å². The van der Waals surface area contributed by atoms with E-state index in [2.05, 4.69) is 10.1 Å². The molecule has 4 nitrogen and oxygen atoms in total. The van der Waals surface area contributed by atoms with Gasteiger partial charge in [0.1, 0.15) is 0 Å². The molecule has 0 aliphatic heterocycles. The zero-order chi connectivity index (χ0) is 11.2. The standard InChI is InChI=1S/C7H4ClF3N4/c8-4-2-15-5(13-6(12)14-15)1-3(4)7(9,10)11/h1-2H,(H2,12,14). The minimum absolute atomic E-state index is 0.00391. The van der Waals surface area contributed by atoms with Crippen LogP contribution in [0.1, 0.15) is 5.56 Å². The van der Waals surface area contributed by atoms with E-state index >= 15 is 0 Å². The zero-order valence-corrected chi connectivity index (χ0v) is 7.84. The summed E-state index contributed by atoms with van der Waals surface area (Å²) in [5, 5.41) is 3.18. The molecular formula is C7H4ClF3N4. The van der Waals surface area contributed by atoms with E-state index in [9.17, 15) is 13.2 Å². The minimum atomic E-state index is -4.51. The Hall–Kier alpha value is -1.50. The molecule has 0 aliphatic rings. The van der Waals surface area contributed by atoms with E-state index in [1.807, 2.05) is 0 Å². The first-order valence-electron chi connectivity index (χ1n) is 3.76. The highest BCUT2D eigenvalue weighted by Crippen LogP contribution is 2.34. The Bertz CT molecular complexity index is 519. The lowest BCUT2D eigenvalue weighted by molar-refractivity contribution is -0.137. The van der Waals surface area contributed by atoms with Crippen LogP contribution in [-0.2, 0) is 6.18 Å². The van der Waals surface area contributed by atoms with E-state index in [0.717, 1.165) is 16.8 Å². The second-order valence-corrected chi connectivity index (χ2v) is 3.21. The first kappa shape index (κ1) is 10.0. The van der Waals surface area contributed by atoms with Gasteiger partial charge >= 0.3 is 6.18 Å². The zero-order valence-electron chi connectivity index (χ0n) is 7.09. The van der Waals surface area contributed by atoms with Crippen LogP contribution in [0.2, 0.25) is 5.02 Å². The largest absolute Gasteiger partial charge is 0.418 e. The molecule has 0 saturated heterocycles. The molecule has 2 rings (SSSR count). The summed E-state index contributed by atoms with van der Waals surface area (Å²) >= 11 is 5.45. The summed E-state index contributed by atoms with van der Waals surface area (Å²) in [6.07, 6.45) is -3.50. The fraction of sp³-hybridized carbons (Fsp3) is 0.143. The van der Waals surface area contributed by atoms with E-state index in [-0.39, 0.29) is 11.6 Å². The minimum Gasteiger partial charge on any atom is -0.366 e. The van der Waals surface area contributed by atoms with Gasteiger partial charge in [0, 0.05) is 0 Å². The molecule has 2 heterocycles. The van der Waals surface area contributed by atoms with Crippen LogP contribution in [-0.4, -0.2) is 14.6 Å². The summed E-state index contributed by atoms with van der Waals surface area (Å²) in [5.74, 6) is -0.106. The Labute approximate surface area is 86.5 Å². The van der Waals surface area contributed by atoms with E-state index in [0.29, 0.717) is 0 Å². The number of hydrogen-bond donors (Lipinski definition) is 1. The number of alkyl halides is 3. The molecule has 2 aromatic heterocycles. The summed E-state index contributed by atoms with van der Waals surface area (Å²) in [4.78, 5) is 3.60. The van der Waals surface area contributed by atoms with Crippen LogP contribution in [0.3, 0.4) is 0 Å². The Morgan fingerprint density at radius 2 is 2.07 bits per heavy atom. The Balaban J connectivity index is 2.72. The molecule has 8 heteroatoms. The molecule has 0 saturated carbocycles. The highest BCUT2D eigenvalue weighted by molar-refractivity contribution is 6.31. The van der Waals surface area contributed by atoms with Crippen molar-refractivity contribution in [3.63, 3.8) is 0 Å². The molecule has 2 aromatic rings. The highest BCUT2D eigenvalue weighted by atomic mass is 35.5. The molecule has 80 valence electrons. The van der Waals surface area contributed by atoms with Gasteiger partial charge in [0.05, 0.1) is 16.8 Å². The molecule has 0 spiro atoms. The number of anilines is 1. The molecule has 0 amide bonds. The van der Waals surface area contributed by atoms with E-state index < -0.39 is 16.8 Å². The number of rotatable bonds is 0. The molecule has 0 aliphatic carbocycles. The summed E-state index contributed by atoms with van der Waals surface area (Å²) in [6, 6.07) is 0.797. The van der Waals surface area contributed by atoms with Crippen molar-refractivity contribution >= 4 is 23.2 Å². The summed E-state index contributed by atoms with van der Waals surface area (Å²) in [6.45, 7) is 0. The smallest absolute Gasteiger partial charge is 0.366 e. The average Bonchev–Trinajstić information content (AvgIpc) is 2.40. The van der Waals surface area contributed by atoms with Crippen molar-refractivity contribution in [3.05, 3.63) is 22.8 Å². The number of nitrogen functional groups attached to an aromatic ring is 1. The normalized spacial score (nSPS) is 12.3. The van der Waals surface area contributed by atoms with E-state index in [1.165, 1.54) is 0 Å². The van der Waals surface area contributed by atoms with Crippen molar-refractivity contribution in [1.82, 2.24) is 14.6 Å². The first-order chi connectivity index (χ1) is 6.88. The van der Waals surface area contributed by atoms with Crippen molar-refractivity contribution in [2.24, 2.45) is 0 Å². The van der Waals surface area contributed by atoms with Gasteiger partial charge in [0.15, 0.2) is 5.65 Å². The van der Waals surface area contributed by atoms with Gasteiger partial charge in [0.25, 0.3) is 0 Å². The quantitative estimate of drug-likeness (QED) is 0.761. The van der Waals surface area contributed by atoms with Gasteiger partial charge in [-0.05, 0) is 6.07 Å². The summed E-state index contributed by atoms with van der Waals surface area (Å²) in [5.41, 5.74) is 4.28. The third-order valence-electron chi connectivity index (χ3n) is 1.75. The lowest BCUT2D eigenvalue weighted by Crippen LogP contribution is -2.07. The maximum atomic E-state index is 12.4. The highest BCUT2D eigenvalue weighted by Gasteiger charge is 2.34. The molecule has 0 fully saturated rings. The van der Waals surface area contributed by atoms with Crippen LogP contribution in [0.5, 0.6) is 0 Å². The molecule has 0 radical (unpaired) electrons. The second-order valence-electron chi connectivity index (χ2n) is 2.81. The molecule has 0 bridgehead atoms. The lowest BCUT2D eigenvalue weighted by atomic mass is 10.2. The van der Waals surface area contributed by atoms with Crippen molar-refractivity contribution in [2.75, 3.05) is 5.73 Å². The first-order valence-corrected chi connectivity index (χ1v) is 4.14. The average molecular weight is 237 g/mol. The van der Waals surface area contributed by atoms with Crippen LogP contribution in [0.15, 0.2) is 12.3 Å². The second kappa shape index (κ2) is 2.99. The maximum Gasteiger partial charge on any atom is 0.418 e. The number of nitrogens with two attached hydrogens (primary N) is 1. The van der Waals surface area contributed by atoms with Gasteiger partial charge in [-0.25, -0.2) is 4.52 Å². The lowest BCUT2D eigenvalue weighted by Gasteiger charge is -2.07. The van der Waals surface area contributed by atoms with Crippen molar-refractivity contribution in [2.45, 2.75) is 6.18 Å². The van der Waals surface area contributed by atoms with Crippen molar-refractivity contribution in [1.29, 1.82) is 0 Å². The van der Waals surface area contributed by atoms with Gasteiger partial charge < -0.3 is 5.73 Å². The van der Waals surface area contributed by atoms with Gasteiger partial charge in [-0.1, -0.05) is 11.6 Å². The Morgan fingerprint density at radius 3 is 2.67 bits per heavy atom. The number of aromatic nitrogens is 3. The predicted octanol–water partition coefficient (Wildman–Crippen LogP) is 1.98. The number of hydrogen-bond acceptors (Lipinski definition) is 3. The van der Waals surface area contributed by atoms with Crippen LogP contribution in [0.4, 0.5) is 19.1 Å². The van der Waals surface area contributed by atoms with Gasteiger partial charge in [-0.15, -0.1) is 5.10 Å². The molecule has 15 heavy (non-hydrogen) atoms.